The highest BCUT2D eigenvalue weighted by atomic mass is 32.3. The van der Waals surface area contributed by atoms with Gasteiger partial charge in [0.25, 0.3) is 0 Å². The second kappa shape index (κ2) is 8.37. The number of fused-ring (bicyclic) bond motifs is 8. The Morgan fingerprint density at radius 1 is 0.537 bits per heavy atom. The fourth-order valence-electron chi connectivity index (χ4n) is 7.98. The van der Waals surface area contributed by atoms with Gasteiger partial charge in [-0.25, -0.2) is 0 Å². The zero-order chi connectivity index (χ0) is 28.3. The Hall–Kier alpha value is -3.34. The van der Waals surface area contributed by atoms with Gasteiger partial charge in [0.15, 0.2) is 0 Å². The molecule has 0 radical (unpaired) electrons. The molecule has 1 aliphatic carbocycles. The Balaban J connectivity index is 1.52. The molecule has 5 aromatic rings. The van der Waals surface area contributed by atoms with Crippen molar-refractivity contribution in [3.05, 3.63) is 120 Å². The normalized spacial score (nSPS) is 19.6. The molecule has 2 heterocycles. The number of nitrogens with zero attached hydrogens (tertiary/aromatic N) is 1. The van der Waals surface area contributed by atoms with Crippen LogP contribution in [0.5, 0.6) is 0 Å². The van der Waals surface area contributed by atoms with E-state index in [4.69, 9.17) is 0 Å². The van der Waals surface area contributed by atoms with Crippen molar-refractivity contribution in [3.8, 4) is 11.1 Å². The summed E-state index contributed by atoms with van der Waals surface area (Å²) in [5.41, 5.74) is 11.3. The minimum atomic E-state index is -1.25. The molecule has 0 unspecified atom stereocenters. The van der Waals surface area contributed by atoms with Crippen molar-refractivity contribution in [3.63, 3.8) is 0 Å². The highest BCUT2D eigenvalue weighted by molar-refractivity contribution is 8.33. The van der Waals surface area contributed by atoms with Crippen LogP contribution in [-0.2, 0) is 5.41 Å². The minimum Gasteiger partial charge on any atom is -0.375 e. The number of rotatable bonds is 1. The van der Waals surface area contributed by atoms with Crippen LogP contribution in [0.3, 0.4) is 0 Å². The van der Waals surface area contributed by atoms with Crippen LogP contribution >= 0.6 is 20.1 Å². The first-order valence-electron chi connectivity index (χ1n) is 14.5. The van der Waals surface area contributed by atoms with E-state index in [1.54, 1.807) is 0 Å². The summed E-state index contributed by atoms with van der Waals surface area (Å²) < 4.78 is 0. The molecule has 4 heteroatoms. The third kappa shape index (κ3) is 3.18. The lowest BCUT2D eigenvalue weighted by Crippen LogP contribution is -2.60. The molecule has 2 aliphatic heterocycles. The van der Waals surface area contributed by atoms with Gasteiger partial charge >= 0.3 is 6.85 Å². The van der Waals surface area contributed by atoms with Crippen LogP contribution in [0, 0.1) is 0 Å². The quantitative estimate of drug-likeness (QED) is 0.183. The molecule has 3 aliphatic rings. The maximum Gasteiger partial charge on any atom is 0.330 e. The van der Waals surface area contributed by atoms with Gasteiger partial charge in [0.05, 0.1) is 0 Å². The lowest BCUT2D eigenvalue weighted by atomic mass is 9.48. The van der Waals surface area contributed by atoms with Crippen LogP contribution in [0.15, 0.2) is 129 Å². The molecule has 8 rings (SSSR count). The van der Waals surface area contributed by atoms with Crippen LogP contribution in [0.4, 0.5) is 11.4 Å². The van der Waals surface area contributed by atoms with Crippen molar-refractivity contribution >= 4 is 49.2 Å². The molecule has 41 heavy (non-hydrogen) atoms. The number of hydrogen-bond acceptors (Lipinski definition) is 1. The monoisotopic (exact) mass is 569 g/mol. The molecule has 0 atom stereocenters. The molecule has 0 spiro atoms. The summed E-state index contributed by atoms with van der Waals surface area (Å²) in [7, 11) is -2.40. The third-order valence-electron chi connectivity index (χ3n) is 9.91. The Morgan fingerprint density at radius 3 is 1.76 bits per heavy atom. The van der Waals surface area contributed by atoms with Crippen molar-refractivity contribution in [1.29, 1.82) is 0 Å². The largest absolute Gasteiger partial charge is 0.375 e. The Bertz CT molecular complexity index is 1850. The van der Waals surface area contributed by atoms with E-state index < -0.39 is 20.1 Å². The van der Waals surface area contributed by atoms with Crippen molar-refractivity contribution in [1.82, 2.24) is 0 Å². The summed E-state index contributed by atoms with van der Waals surface area (Å²) in [5.74, 6) is 0. The standard InChI is InChI=1S/C37H36BNS2/c1-37(2)27-16-8-7-15-25(27)26-23-24-34-36(35(26)37)39(30-19-11-14-22-33(30)41(34,5)6)38-28-17-9-12-20-31(28)40(3,4)32-21-13-10-18-29(32)38/h7-24H,1-6H3. The van der Waals surface area contributed by atoms with Crippen molar-refractivity contribution in [2.24, 2.45) is 0 Å². The summed E-state index contributed by atoms with van der Waals surface area (Å²) in [6, 6.07) is 41.8. The zero-order valence-electron chi connectivity index (χ0n) is 24.7. The fraction of sp³-hybridized carbons (Fsp3) is 0.189. The molecule has 5 aromatic carbocycles. The van der Waals surface area contributed by atoms with Gasteiger partial charge in [-0.3, -0.25) is 0 Å². The van der Waals surface area contributed by atoms with Gasteiger partial charge < -0.3 is 4.81 Å². The smallest absolute Gasteiger partial charge is 0.330 e. The lowest BCUT2D eigenvalue weighted by molar-refractivity contribution is 0.659. The molecule has 0 bridgehead atoms. The van der Waals surface area contributed by atoms with E-state index in [1.165, 1.54) is 64.1 Å². The maximum absolute atomic E-state index is 2.77. The number of anilines is 2. The topological polar surface area (TPSA) is 3.24 Å². The Morgan fingerprint density at radius 2 is 1.07 bits per heavy atom. The van der Waals surface area contributed by atoms with Gasteiger partial charge in [-0.15, -0.1) is 0 Å². The molecule has 0 amide bonds. The molecule has 204 valence electrons. The molecule has 0 saturated heterocycles. The van der Waals surface area contributed by atoms with E-state index in [1.807, 2.05) is 0 Å². The Kier molecular flexibility index (Phi) is 5.18. The van der Waals surface area contributed by atoms with Crippen LogP contribution in [0.2, 0.25) is 0 Å². The first-order valence-corrected chi connectivity index (χ1v) is 19.4. The highest BCUT2D eigenvalue weighted by Gasteiger charge is 2.49. The van der Waals surface area contributed by atoms with Crippen LogP contribution in [-0.4, -0.2) is 31.9 Å². The molecule has 1 nitrogen and oxygen atoms in total. The Labute approximate surface area is 248 Å². The van der Waals surface area contributed by atoms with E-state index in [-0.39, 0.29) is 12.3 Å². The van der Waals surface area contributed by atoms with E-state index in [9.17, 15) is 0 Å². The number of benzene rings is 5. The summed E-state index contributed by atoms with van der Waals surface area (Å²) >= 11 is 0. The van der Waals surface area contributed by atoms with Gasteiger partial charge in [-0.2, -0.15) is 20.1 Å². The van der Waals surface area contributed by atoms with Crippen molar-refractivity contribution in [2.75, 3.05) is 29.8 Å². The van der Waals surface area contributed by atoms with Gasteiger partial charge in [0.1, 0.15) is 0 Å². The average Bonchev–Trinajstić information content (AvgIpc) is 3.21. The minimum absolute atomic E-state index is 0.101. The summed E-state index contributed by atoms with van der Waals surface area (Å²) in [4.78, 5) is 8.77. The fourth-order valence-corrected chi connectivity index (χ4v) is 13.0. The van der Waals surface area contributed by atoms with Gasteiger partial charge in [-0.1, -0.05) is 105 Å². The molecule has 0 aromatic heterocycles. The van der Waals surface area contributed by atoms with Crippen LogP contribution in [0.25, 0.3) is 11.1 Å². The number of para-hydroxylation sites is 1. The van der Waals surface area contributed by atoms with Gasteiger partial charge in [0, 0.05) is 26.6 Å². The molecular formula is C37H36BNS2. The van der Waals surface area contributed by atoms with Gasteiger partial charge in [-0.05, 0) is 86.2 Å². The molecule has 0 saturated carbocycles. The van der Waals surface area contributed by atoms with Gasteiger partial charge in [0.2, 0.25) is 0 Å². The first kappa shape index (κ1) is 25.4. The predicted molar refractivity (Wildman–Crippen MR) is 182 cm³/mol. The van der Waals surface area contributed by atoms with E-state index >= 15 is 0 Å². The first-order chi connectivity index (χ1) is 19.6. The second-order valence-electron chi connectivity index (χ2n) is 13.0. The van der Waals surface area contributed by atoms with E-state index in [2.05, 4.69) is 153 Å². The summed E-state index contributed by atoms with van der Waals surface area (Å²) in [6.45, 7) is 4.98. The van der Waals surface area contributed by atoms with E-state index in [0.717, 1.165) is 0 Å². The van der Waals surface area contributed by atoms with E-state index in [0.29, 0.717) is 0 Å². The zero-order valence-corrected chi connectivity index (χ0v) is 26.4. The van der Waals surface area contributed by atoms with Crippen LogP contribution < -0.4 is 15.7 Å². The van der Waals surface area contributed by atoms with Crippen molar-refractivity contribution in [2.45, 2.75) is 38.8 Å². The predicted octanol–water partition coefficient (Wildman–Crippen LogP) is 8.53. The second-order valence-corrected chi connectivity index (χ2v) is 20.0. The summed E-state index contributed by atoms with van der Waals surface area (Å²) in [5, 5.41) is 0. The number of hydrogen-bond donors (Lipinski definition) is 0. The summed E-state index contributed by atoms with van der Waals surface area (Å²) in [6.07, 6.45) is 9.95. The maximum atomic E-state index is 2.77. The average molecular weight is 570 g/mol. The third-order valence-corrected chi connectivity index (χ3v) is 15.7. The lowest BCUT2D eigenvalue weighted by Gasteiger charge is -2.51. The SMILES string of the molecule is CC1(C)c2ccccc2-c2ccc3c(c21)N(B1c2ccccc2S(C)(C)c2ccccc21)c1ccccc1S3(C)C. The molecular weight excluding hydrogens is 533 g/mol. The highest BCUT2D eigenvalue weighted by Crippen LogP contribution is 2.70. The van der Waals surface area contributed by atoms with Crippen LogP contribution in [0.1, 0.15) is 25.0 Å². The molecule has 0 N–H and O–H groups in total. The van der Waals surface area contributed by atoms with Crippen molar-refractivity contribution < 1.29 is 0 Å². The molecule has 0 fully saturated rings.